The number of benzene rings is 3. The summed E-state index contributed by atoms with van der Waals surface area (Å²) in [5.74, 6) is -0.0563. The number of rotatable bonds is 11. The maximum Gasteiger partial charge on any atom is 0.303 e. The minimum Gasteiger partial charge on any atom is -0.493 e. The molecule has 0 unspecified atom stereocenters. The van der Waals surface area contributed by atoms with Crippen LogP contribution in [0.1, 0.15) is 40.7 Å². The van der Waals surface area contributed by atoms with Crippen LogP contribution in [-0.4, -0.2) is 24.0 Å². The van der Waals surface area contributed by atoms with Gasteiger partial charge in [-0.2, -0.15) is 0 Å². The van der Waals surface area contributed by atoms with Gasteiger partial charge in [-0.15, -0.1) is 0 Å². The predicted molar refractivity (Wildman–Crippen MR) is 125 cm³/mol. The predicted octanol–water partition coefficient (Wildman–Crippen LogP) is 6.34. The molecule has 166 valence electrons. The van der Waals surface area contributed by atoms with Crippen LogP contribution in [0.15, 0.2) is 60.7 Å². The van der Waals surface area contributed by atoms with Crippen molar-refractivity contribution in [2.75, 3.05) is 6.61 Å². The van der Waals surface area contributed by atoms with E-state index in [4.69, 9.17) is 26.2 Å². The molecule has 5 nitrogen and oxygen atoms in total. The Labute approximate surface area is 192 Å². The van der Waals surface area contributed by atoms with Gasteiger partial charge in [0.15, 0.2) is 6.29 Å². The topological polar surface area (TPSA) is 72.8 Å². The SMILES string of the molecule is Cc1c(COc2cc(OCCCCC(=O)O)c(C=O)cc2Cl)cccc1-c1ccccc1. The van der Waals surface area contributed by atoms with E-state index in [1.54, 1.807) is 6.07 Å². The van der Waals surface area contributed by atoms with Crippen molar-refractivity contribution in [2.45, 2.75) is 32.8 Å². The number of carboxylic acid groups (broad SMARTS) is 1. The Balaban J connectivity index is 1.72. The molecule has 1 N–H and O–H groups in total. The summed E-state index contributed by atoms with van der Waals surface area (Å²) in [6, 6.07) is 19.4. The Kier molecular flexibility index (Phi) is 8.28. The molecule has 0 heterocycles. The third-order valence-corrected chi connectivity index (χ3v) is 5.44. The second-order valence-corrected chi connectivity index (χ2v) is 7.79. The number of unbranched alkanes of at least 4 members (excludes halogenated alkanes) is 1. The fourth-order valence-electron chi connectivity index (χ4n) is 3.36. The molecule has 0 spiro atoms. The first-order valence-corrected chi connectivity index (χ1v) is 10.8. The van der Waals surface area contributed by atoms with E-state index in [1.807, 2.05) is 30.3 Å². The molecule has 6 heteroatoms. The summed E-state index contributed by atoms with van der Waals surface area (Å²) in [6.07, 6.45) is 1.82. The molecular formula is C26H25ClO5. The molecule has 3 rings (SSSR count). The lowest BCUT2D eigenvalue weighted by Gasteiger charge is -2.15. The van der Waals surface area contributed by atoms with Crippen LogP contribution in [0.25, 0.3) is 11.1 Å². The number of hydrogen-bond donors (Lipinski definition) is 1. The van der Waals surface area contributed by atoms with E-state index in [0.717, 1.165) is 22.3 Å². The molecule has 0 atom stereocenters. The van der Waals surface area contributed by atoms with E-state index in [-0.39, 0.29) is 6.42 Å². The third-order valence-electron chi connectivity index (χ3n) is 5.15. The lowest BCUT2D eigenvalue weighted by atomic mass is 9.97. The summed E-state index contributed by atoms with van der Waals surface area (Å²) in [6.45, 7) is 2.67. The zero-order valence-electron chi connectivity index (χ0n) is 17.8. The number of aldehydes is 1. The first kappa shape index (κ1) is 23.4. The number of ether oxygens (including phenoxy) is 2. The molecule has 0 fully saturated rings. The van der Waals surface area contributed by atoms with Gasteiger partial charge >= 0.3 is 5.97 Å². The van der Waals surface area contributed by atoms with Crippen molar-refractivity contribution in [1.29, 1.82) is 0 Å². The zero-order chi connectivity index (χ0) is 22.9. The van der Waals surface area contributed by atoms with Gasteiger partial charge < -0.3 is 14.6 Å². The number of carboxylic acids is 1. The Morgan fingerprint density at radius 2 is 1.78 bits per heavy atom. The average Bonchev–Trinajstić information content (AvgIpc) is 2.79. The molecule has 3 aromatic rings. The second kappa shape index (κ2) is 11.3. The van der Waals surface area contributed by atoms with Gasteiger partial charge in [-0.25, -0.2) is 0 Å². The van der Waals surface area contributed by atoms with Crippen LogP contribution in [0.5, 0.6) is 11.5 Å². The minimum atomic E-state index is -0.840. The molecule has 0 saturated carbocycles. The summed E-state index contributed by atoms with van der Waals surface area (Å²) in [4.78, 5) is 22.0. The van der Waals surface area contributed by atoms with E-state index < -0.39 is 5.97 Å². The molecule has 0 amide bonds. The number of carbonyl (C=O) groups is 2. The van der Waals surface area contributed by atoms with Gasteiger partial charge in [0.2, 0.25) is 0 Å². The van der Waals surface area contributed by atoms with Gasteiger partial charge in [-0.05, 0) is 48.1 Å². The zero-order valence-corrected chi connectivity index (χ0v) is 18.6. The third kappa shape index (κ3) is 6.11. The summed E-state index contributed by atoms with van der Waals surface area (Å²) in [7, 11) is 0. The van der Waals surface area contributed by atoms with Crippen LogP contribution in [0.2, 0.25) is 5.02 Å². The fourth-order valence-corrected chi connectivity index (χ4v) is 3.59. The van der Waals surface area contributed by atoms with Crippen LogP contribution < -0.4 is 9.47 Å². The van der Waals surface area contributed by atoms with Crippen molar-refractivity contribution >= 4 is 23.9 Å². The maximum absolute atomic E-state index is 11.4. The minimum absolute atomic E-state index is 0.0836. The number of halogens is 1. The Morgan fingerprint density at radius 3 is 2.50 bits per heavy atom. The summed E-state index contributed by atoms with van der Waals surface area (Å²) < 4.78 is 11.7. The van der Waals surface area contributed by atoms with Crippen molar-refractivity contribution in [3.8, 4) is 22.6 Å². The van der Waals surface area contributed by atoms with Crippen LogP contribution in [0.4, 0.5) is 0 Å². The largest absolute Gasteiger partial charge is 0.493 e. The lowest BCUT2D eigenvalue weighted by molar-refractivity contribution is -0.137. The van der Waals surface area contributed by atoms with Gasteiger partial charge in [-0.3, -0.25) is 9.59 Å². The summed E-state index contributed by atoms with van der Waals surface area (Å²) >= 11 is 6.33. The first-order chi connectivity index (χ1) is 15.5. The van der Waals surface area contributed by atoms with E-state index in [0.29, 0.717) is 54.4 Å². The monoisotopic (exact) mass is 452 g/mol. The van der Waals surface area contributed by atoms with Gasteiger partial charge in [0.1, 0.15) is 18.1 Å². The highest BCUT2D eigenvalue weighted by Crippen LogP contribution is 2.33. The Bertz CT molecular complexity index is 1080. The first-order valence-electron chi connectivity index (χ1n) is 10.4. The van der Waals surface area contributed by atoms with E-state index in [9.17, 15) is 9.59 Å². The normalized spacial score (nSPS) is 10.6. The van der Waals surface area contributed by atoms with Crippen molar-refractivity contribution < 1.29 is 24.2 Å². The smallest absolute Gasteiger partial charge is 0.303 e. The molecule has 0 aliphatic carbocycles. The van der Waals surface area contributed by atoms with Gasteiger partial charge in [-0.1, -0.05) is 60.1 Å². The van der Waals surface area contributed by atoms with Crippen LogP contribution in [0.3, 0.4) is 0 Å². The molecule has 0 saturated heterocycles. The van der Waals surface area contributed by atoms with E-state index >= 15 is 0 Å². The average molecular weight is 453 g/mol. The quantitative estimate of drug-likeness (QED) is 0.271. The lowest BCUT2D eigenvalue weighted by Crippen LogP contribution is -2.04. The highest BCUT2D eigenvalue weighted by atomic mass is 35.5. The number of aliphatic carboxylic acids is 1. The van der Waals surface area contributed by atoms with Crippen LogP contribution in [0, 0.1) is 6.92 Å². The molecule has 32 heavy (non-hydrogen) atoms. The standard InChI is InChI=1S/C26H25ClO5/c1-18-20(10-7-11-22(18)19-8-3-2-4-9-19)17-32-25-15-24(21(16-28)14-23(25)27)31-13-6-5-12-26(29)30/h2-4,7-11,14-16H,5-6,12-13,17H2,1H3,(H,29,30). The molecule has 0 aliphatic rings. The molecular weight excluding hydrogens is 428 g/mol. The van der Waals surface area contributed by atoms with Crippen molar-refractivity contribution in [3.05, 3.63) is 82.4 Å². The maximum atomic E-state index is 11.4. The van der Waals surface area contributed by atoms with Gasteiger partial charge in [0.05, 0.1) is 17.2 Å². The van der Waals surface area contributed by atoms with Crippen molar-refractivity contribution in [1.82, 2.24) is 0 Å². The molecule has 3 aromatic carbocycles. The van der Waals surface area contributed by atoms with Crippen LogP contribution in [-0.2, 0) is 11.4 Å². The Hall–Kier alpha value is -3.31. The van der Waals surface area contributed by atoms with Gasteiger partial charge in [0, 0.05) is 12.5 Å². The molecule has 0 aromatic heterocycles. The number of carbonyl (C=O) groups excluding carboxylic acids is 1. The van der Waals surface area contributed by atoms with Gasteiger partial charge in [0.25, 0.3) is 0 Å². The fraction of sp³-hybridized carbons (Fsp3) is 0.231. The summed E-state index contributed by atoms with van der Waals surface area (Å²) in [5.41, 5.74) is 4.74. The van der Waals surface area contributed by atoms with E-state index in [1.165, 1.54) is 6.07 Å². The number of hydrogen-bond acceptors (Lipinski definition) is 4. The highest BCUT2D eigenvalue weighted by Gasteiger charge is 2.13. The Morgan fingerprint density at radius 1 is 1.00 bits per heavy atom. The van der Waals surface area contributed by atoms with E-state index in [2.05, 4.69) is 25.1 Å². The van der Waals surface area contributed by atoms with Crippen LogP contribution >= 0.6 is 11.6 Å². The van der Waals surface area contributed by atoms with Crippen molar-refractivity contribution in [3.63, 3.8) is 0 Å². The highest BCUT2D eigenvalue weighted by molar-refractivity contribution is 6.32. The summed E-state index contributed by atoms with van der Waals surface area (Å²) in [5, 5.41) is 9.04. The second-order valence-electron chi connectivity index (χ2n) is 7.38. The van der Waals surface area contributed by atoms with Crippen molar-refractivity contribution in [2.24, 2.45) is 0 Å². The molecule has 0 aliphatic heterocycles. The molecule has 0 radical (unpaired) electrons. The molecule has 0 bridgehead atoms.